The van der Waals surface area contributed by atoms with Crippen LogP contribution in [-0.4, -0.2) is 42.6 Å². The van der Waals surface area contributed by atoms with Crippen LogP contribution in [0.1, 0.15) is 46.0 Å². The highest BCUT2D eigenvalue weighted by atomic mass is 32.5. The van der Waals surface area contributed by atoms with Crippen LogP contribution in [0, 0.1) is 0 Å². The molecule has 0 unspecified atom stereocenters. The number of hydrogen-bond donors (Lipinski definition) is 6. The van der Waals surface area contributed by atoms with Crippen LogP contribution in [-0.2, 0) is 33.1 Å². The van der Waals surface area contributed by atoms with E-state index in [0.717, 1.165) is 5.56 Å². The average Bonchev–Trinajstić information content (AvgIpc) is 3.02. The minimum atomic E-state index is -3.81. The van der Waals surface area contributed by atoms with Crippen LogP contribution >= 0.6 is 13.4 Å². The van der Waals surface area contributed by atoms with Gasteiger partial charge in [0.15, 0.2) is 6.29 Å². The molecule has 0 atom stereocenters. The first-order valence-electron chi connectivity index (χ1n) is 7.73. The summed E-state index contributed by atoms with van der Waals surface area (Å²) in [5, 5.41) is 0. The fourth-order valence-electron chi connectivity index (χ4n) is 1.16. The molecule has 0 aromatic heterocycles. The van der Waals surface area contributed by atoms with Crippen molar-refractivity contribution in [2.45, 2.75) is 40.4 Å². The molecular weight excluding hydrogens is 422 g/mol. The van der Waals surface area contributed by atoms with Crippen LogP contribution in [0.4, 0.5) is 0 Å². The van der Waals surface area contributed by atoms with Gasteiger partial charge in [-0.1, -0.05) is 64.4 Å². The van der Waals surface area contributed by atoms with Crippen LogP contribution in [0.3, 0.4) is 0 Å². The molecule has 1 aliphatic rings. The van der Waals surface area contributed by atoms with E-state index in [1.807, 2.05) is 44.2 Å². The first-order valence-corrected chi connectivity index (χ1v) is 13.0. The lowest BCUT2D eigenvalue weighted by molar-refractivity contribution is -0.0441. The number of hydrogen-bond acceptors (Lipinski definition) is 4. The molecular formula is C14H30O8P2S2. The maximum Gasteiger partial charge on any atom is 0.319 e. The number of ether oxygens (including phenoxy) is 2. The van der Waals surface area contributed by atoms with Crippen molar-refractivity contribution < 1.29 is 38.8 Å². The van der Waals surface area contributed by atoms with E-state index in [-0.39, 0.29) is 6.29 Å². The van der Waals surface area contributed by atoms with Gasteiger partial charge in [0, 0.05) is 5.56 Å². The Bertz CT molecular complexity index is 464. The SMILES string of the molecule is CC.CCC.OP(O)(O)=S.OP(O)(O)=S.c1ccc(C2OCCO2)cc1. The summed E-state index contributed by atoms with van der Waals surface area (Å²) in [6.45, 7) is 2.05. The largest absolute Gasteiger partial charge is 0.346 e. The molecule has 156 valence electrons. The van der Waals surface area contributed by atoms with Crippen LogP contribution in [0.2, 0.25) is 0 Å². The molecule has 0 amide bonds. The summed E-state index contributed by atoms with van der Waals surface area (Å²) in [6.07, 6.45) is 1.12. The summed E-state index contributed by atoms with van der Waals surface area (Å²) in [5.74, 6) is 0. The molecule has 0 spiro atoms. The molecule has 1 fully saturated rings. The van der Waals surface area contributed by atoms with E-state index in [4.69, 9.17) is 38.8 Å². The molecule has 0 aliphatic carbocycles. The highest BCUT2D eigenvalue weighted by Gasteiger charge is 2.16. The van der Waals surface area contributed by atoms with Crippen molar-refractivity contribution in [1.82, 2.24) is 0 Å². The highest BCUT2D eigenvalue weighted by molar-refractivity contribution is 8.06. The Labute approximate surface area is 165 Å². The fraction of sp³-hybridized carbons (Fsp3) is 0.571. The second-order valence-corrected chi connectivity index (χ2v) is 9.21. The summed E-state index contributed by atoms with van der Waals surface area (Å²) >= 11 is 7.21. The third-order valence-corrected chi connectivity index (χ3v) is 1.69. The molecule has 1 aliphatic heterocycles. The van der Waals surface area contributed by atoms with Crippen molar-refractivity contribution in [2.75, 3.05) is 13.2 Å². The molecule has 0 radical (unpaired) electrons. The average molecular weight is 452 g/mol. The molecule has 12 heteroatoms. The van der Waals surface area contributed by atoms with Crippen LogP contribution < -0.4 is 0 Å². The minimum absolute atomic E-state index is 0.129. The van der Waals surface area contributed by atoms with E-state index in [9.17, 15) is 0 Å². The highest BCUT2D eigenvalue weighted by Crippen LogP contribution is 2.27. The normalized spacial score (nSPS) is 13.5. The predicted molar refractivity (Wildman–Crippen MR) is 110 cm³/mol. The standard InChI is InChI=1S/C9H10O2.C3H8.C2H6.2H3O3PS/c1-2-4-8(5-3-1)9-10-6-7-11-9;1-3-2;1-2;2*1-4(2,3)5/h1-5,9H,6-7H2;3H2,1-2H3;1-2H3;2*(H3,1,2,3,5). The zero-order valence-corrected chi connectivity index (χ0v) is 18.7. The van der Waals surface area contributed by atoms with Crippen molar-refractivity contribution in [1.29, 1.82) is 0 Å². The molecule has 1 aromatic rings. The number of rotatable bonds is 1. The van der Waals surface area contributed by atoms with Crippen molar-refractivity contribution in [3.8, 4) is 0 Å². The molecule has 0 saturated carbocycles. The van der Waals surface area contributed by atoms with E-state index in [2.05, 4.69) is 37.5 Å². The Morgan fingerprint density at radius 3 is 1.38 bits per heavy atom. The first kappa shape index (κ1) is 30.9. The lowest BCUT2D eigenvalue weighted by Crippen LogP contribution is -1.96. The lowest BCUT2D eigenvalue weighted by Gasteiger charge is -2.07. The van der Waals surface area contributed by atoms with Gasteiger partial charge in [-0.25, -0.2) is 0 Å². The maximum atomic E-state index is 7.56. The molecule has 8 nitrogen and oxygen atoms in total. The molecule has 1 heterocycles. The van der Waals surface area contributed by atoms with Crippen LogP contribution in [0.15, 0.2) is 30.3 Å². The van der Waals surface area contributed by atoms with Gasteiger partial charge in [0.1, 0.15) is 0 Å². The third kappa shape index (κ3) is 35.3. The van der Waals surface area contributed by atoms with Gasteiger partial charge in [0.25, 0.3) is 0 Å². The van der Waals surface area contributed by atoms with Gasteiger partial charge in [0.2, 0.25) is 0 Å². The summed E-state index contributed by atoms with van der Waals surface area (Å²) in [4.78, 5) is 45.3. The smallest absolute Gasteiger partial charge is 0.319 e. The number of benzene rings is 1. The first-order chi connectivity index (χ1) is 11.9. The van der Waals surface area contributed by atoms with Gasteiger partial charge in [-0.3, -0.25) is 0 Å². The van der Waals surface area contributed by atoms with E-state index in [1.54, 1.807) is 0 Å². The van der Waals surface area contributed by atoms with E-state index >= 15 is 0 Å². The second-order valence-electron chi connectivity index (χ2n) is 4.22. The zero-order chi connectivity index (χ0) is 21.2. The summed E-state index contributed by atoms with van der Waals surface area (Å²) in [7, 11) is 0. The molecule has 2 rings (SSSR count). The van der Waals surface area contributed by atoms with Gasteiger partial charge in [0.05, 0.1) is 13.2 Å². The quantitative estimate of drug-likeness (QED) is 0.352. The van der Waals surface area contributed by atoms with E-state index in [1.165, 1.54) is 6.42 Å². The minimum Gasteiger partial charge on any atom is -0.346 e. The molecule has 26 heavy (non-hydrogen) atoms. The Kier molecular flexibility index (Phi) is 22.1. The third-order valence-electron chi connectivity index (χ3n) is 1.69. The van der Waals surface area contributed by atoms with Gasteiger partial charge >= 0.3 is 13.4 Å². The topological polar surface area (TPSA) is 140 Å². The Morgan fingerprint density at radius 2 is 1.12 bits per heavy atom. The summed E-state index contributed by atoms with van der Waals surface area (Å²) < 4.78 is 10.6. The lowest BCUT2D eigenvalue weighted by atomic mass is 10.2. The maximum absolute atomic E-state index is 7.56. The van der Waals surface area contributed by atoms with Crippen LogP contribution in [0.5, 0.6) is 0 Å². The van der Waals surface area contributed by atoms with Gasteiger partial charge in [-0.15, -0.1) is 0 Å². The van der Waals surface area contributed by atoms with Crippen molar-refractivity contribution in [3.05, 3.63) is 35.9 Å². The summed E-state index contributed by atoms with van der Waals surface area (Å²) in [6, 6.07) is 9.98. The molecule has 0 bridgehead atoms. The van der Waals surface area contributed by atoms with Crippen molar-refractivity contribution in [2.24, 2.45) is 0 Å². The monoisotopic (exact) mass is 452 g/mol. The fourth-order valence-corrected chi connectivity index (χ4v) is 1.16. The Hall–Kier alpha value is 0.200. The molecule has 1 aromatic carbocycles. The summed E-state index contributed by atoms with van der Waals surface area (Å²) in [5.41, 5.74) is 1.10. The Morgan fingerprint density at radius 1 is 0.846 bits per heavy atom. The van der Waals surface area contributed by atoms with Crippen LogP contribution in [0.25, 0.3) is 0 Å². The second kappa shape index (κ2) is 18.6. The zero-order valence-electron chi connectivity index (χ0n) is 15.3. The predicted octanol–water partition coefficient (Wildman–Crippen LogP) is 2.55. The van der Waals surface area contributed by atoms with Gasteiger partial charge in [-0.05, 0) is 23.6 Å². The van der Waals surface area contributed by atoms with E-state index < -0.39 is 13.4 Å². The molecule has 6 N–H and O–H groups in total. The Balaban J connectivity index is -0.000000301. The molecule has 1 saturated heterocycles. The van der Waals surface area contributed by atoms with Crippen molar-refractivity contribution >= 4 is 37.1 Å². The van der Waals surface area contributed by atoms with Gasteiger partial charge < -0.3 is 38.8 Å². The van der Waals surface area contributed by atoms with Gasteiger partial charge in [-0.2, -0.15) is 0 Å². The van der Waals surface area contributed by atoms with Crippen molar-refractivity contribution in [3.63, 3.8) is 0 Å². The van der Waals surface area contributed by atoms with E-state index in [0.29, 0.717) is 13.2 Å².